The number of nitrogens with one attached hydrogen (secondary N) is 1. The lowest BCUT2D eigenvalue weighted by Crippen LogP contribution is -2.29. The molecular weight excluding hydrogens is 278 g/mol. The van der Waals surface area contributed by atoms with Crippen LogP contribution in [0.3, 0.4) is 0 Å². The summed E-state index contributed by atoms with van der Waals surface area (Å²) in [6, 6.07) is 5.13. The number of rotatable bonds is 5. The van der Waals surface area contributed by atoms with Gasteiger partial charge in [-0.3, -0.25) is 10.1 Å². The van der Waals surface area contributed by atoms with Crippen molar-refractivity contribution in [3.05, 3.63) is 33.3 Å². The molecule has 2 rings (SSSR count). The molecule has 1 saturated heterocycles. The Kier molecular flexibility index (Phi) is 4.83. The van der Waals surface area contributed by atoms with E-state index in [1.165, 1.54) is 18.6 Å². The Morgan fingerprint density at radius 3 is 2.85 bits per heavy atom. The maximum absolute atomic E-state index is 10.7. The number of nitro benzene ring substituents is 1. The van der Waals surface area contributed by atoms with Gasteiger partial charge >= 0.3 is 0 Å². The van der Waals surface area contributed by atoms with E-state index in [0.717, 1.165) is 25.3 Å². The van der Waals surface area contributed by atoms with E-state index in [1.807, 2.05) is 0 Å². The Balaban J connectivity index is 1.90. The lowest BCUT2D eigenvalue weighted by Gasteiger charge is -2.20. The van der Waals surface area contributed by atoms with Gasteiger partial charge in [0, 0.05) is 31.3 Å². The van der Waals surface area contributed by atoms with Crippen LogP contribution >= 0.6 is 11.6 Å². The fourth-order valence-electron chi connectivity index (χ4n) is 2.51. The van der Waals surface area contributed by atoms with Gasteiger partial charge in [0.1, 0.15) is 0 Å². The van der Waals surface area contributed by atoms with Crippen LogP contribution in [-0.4, -0.2) is 35.5 Å². The molecule has 5 nitrogen and oxygen atoms in total. The highest BCUT2D eigenvalue weighted by atomic mass is 35.5. The zero-order chi connectivity index (χ0) is 14.7. The van der Waals surface area contributed by atoms with Crippen molar-refractivity contribution in [2.45, 2.75) is 26.3 Å². The minimum atomic E-state index is -0.437. The smallest absolute Gasteiger partial charge is 0.271 e. The number of hydrogen-bond donors (Lipinski definition) is 1. The molecule has 0 bridgehead atoms. The summed E-state index contributed by atoms with van der Waals surface area (Å²) in [5.74, 6) is 0.601. The lowest BCUT2D eigenvalue weighted by molar-refractivity contribution is -0.384. The predicted molar refractivity (Wildman–Crippen MR) is 81.4 cm³/mol. The minimum absolute atomic E-state index is 0.0207. The van der Waals surface area contributed by atoms with Gasteiger partial charge in [-0.15, -0.1) is 0 Å². The molecule has 0 spiro atoms. The number of benzene rings is 1. The monoisotopic (exact) mass is 297 g/mol. The van der Waals surface area contributed by atoms with Crippen molar-refractivity contribution in [3.63, 3.8) is 0 Å². The van der Waals surface area contributed by atoms with Crippen LogP contribution in [0.4, 0.5) is 11.4 Å². The summed E-state index contributed by atoms with van der Waals surface area (Å²) in [5.41, 5.74) is 0.785. The van der Waals surface area contributed by atoms with Gasteiger partial charge in [0.15, 0.2) is 0 Å². The molecule has 1 aliphatic heterocycles. The van der Waals surface area contributed by atoms with Crippen LogP contribution in [0.15, 0.2) is 18.2 Å². The number of nitrogens with zero attached hydrogens (tertiary/aromatic N) is 2. The zero-order valence-electron chi connectivity index (χ0n) is 11.8. The van der Waals surface area contributed by atoms with Gasteiger partial charge in [-0.2, -0.15) is 0 Å². The lowest BCUT2D eigenvalue weighted by atomic mass is 10.1. The Morgan fingerprint density at radius 1 is 1.55 bits per heavy atom. The first-order chi connectivity index (χ1) is 9.47. The number of non-ortho nitro benzene ring substituents is 1. The van der Waals surface area contributed by atoms with Crippen molar-refractivity contribution >= 4 is 23.0 Å². The van der Waals surface area contributed by atoms with Crippen molar-refractivity contribution in [2.75, 3.05) is 25.0 Å². The summed E-state index contributed by atoms with van der Waals surface area (Å²) in [6.45, 7) is 7.50. The van der Waals surface area contributed by atoms with Gasteiger partial charge in [-0.05, 0) is 38.8 Å². The number of hydrogen-bond acceptors (Lipinski definition) is 4. The van der Waals surface area contributed by atoms with Crippen LogP contribution < -0.4 is 5.32 Å². The molecule has 0 aromatic heterocycles. The normalized spacial score (nSPS) is 19.5. The predicted octanol–water partition coefficient (Wildman–Crippen LogP) is 3.39. The fourth-order valence-corrected chi connectivity index (χ4v) is 2.76. The molecule has 1 aromatic carbocycles. The summed E-state index contributed by atoms with van der Waals surface area (Å²) in [7, 11) is 0. The topological polar surface area (TPSA) is 58.4 Å². The summed E-state index contributed by atoms with van der Waals surface area (Å²) in [5, 5.41) is 14.4. The summed E-state index contributed by atoms with van der Waals surface area (Å²) in [6.07, 6.45) is 1.18. The first-order valence-corrected chi connectivity index (χ1v) is 7.27. The van der Waals surface area contributed by atoms with Crippen molar-refractivity contribution in [2.24, 2.45) is 5.92 Å². The maximum atomic E-state index is 10.7. The Labute approximate surface area is 124 Å². The highest BCUT2D eigenvalue weighted by molar-refractivity contribution is 6.33. The number of halogens is 1. The Morgan fingerprint density at radius 2 is 2.30 bits per heavy atom. The molecule has 0 amide bonds. The third-order valence-electron chi connectivity index (χ3n) is 3.79. The molecule has 1 aliphatic rings. The van der Waals surface area contributed by atoms with E-state index in [0.29, 0.717) is 17.0 Å². The summed E-state index contributed by atoms with van der Waals surface area (Å²) >= 11 is 6.06. The largest absolute Gasteiger partial charge is 0.384 e. The van der Waals surface area contributed by atoms with Crippen LogP contribution in [0.2, 0.25) is 5.02 Å². The second kappa shape index (κ2) is 6.41. The molecule has 0 radical (unpaired) electrons. The van der Waals surface area contributed by atoms with Crippen molar-refractivity contribution in [1.82, 2.24) is 4.90 Å². The van der Waals surface area contributed by atoms with Crippen LogP contribution in [-0.2, 0) is 0 Å². The molecule has 0 saturated carbocycles. The highest BCUT2D eigenvalue weighted by Crippen LogP contribution is 2.27. The SMILES string of the molecule is CC(C)N1CCC(CNc2ccc([N+](=O)[O-])cc2Cl)C1. The van der Waals surface area contributed by atoms with E-state index in [1.54, 1.807) is 6.07 Å². The van der Waals surface area contributed by atoms with E-state index >= 15 is 0 Å². The van der Waals surface area contributed by atoms with Gasteiger partial charge in [0.2, 0.25) is 0 Å². The molecule has 110 valence electrons. The van der Waals surface area contributed by atoms with Gasteiger partial charge in [-0.1, -0.05) is 11.6 Å². The second-order valence-corrected chi connectivity index (χ2v) is 5.95. The number of anilines is 1. The fraction of sp³-hybridized carbons (Fsp3) is 0.571. The molecule has 1 unspecified atom stereocenters. The summed E-state index contributed by atoms with van der Waals surface area (Å²) in [4.78, 5) is 12.7. The van der Waals surface area contributed by atoms with Crippen LogP contribution in [0, 0.1) is 16.0 Å². The summed E-state index contributed by atoms with van der Waals surface area (Å²) < 4.78 is 0. The molecule has 1 fully saturated rings. The Hall–Kier alpha value is -1.33. The van der Waals surface area contributed by atoms with E-state index in [9.17, 15) is 10.1 Å². The molecule has 20 heavy (non-hydrogen) atoms. The molecule has 1 heterocycles. The third-order valence-corrected chi connectivity index (χ3v) is 4.10. The van der Waals surface area contributed by atoms with E-state index in [2.05, 4.69) is 24.1 Å². The molecular formula is C14H20ClN3O2. The van der Waals surface area contributed by atoms with Crippen LogP contribution in [0.1, 0.15) is 20.3 Å². The average Bonchev–Trinajstić information content (AvgIpc) is 2.86. The number of nitro groups is 1. The van der Waals surface area contributed by atoms with Gasteiger partial charge in [0.25, 0.3) is 5.69 Å². The van der Waals surface area contributed by atoms with E-state index in [-0.39, 0.29) is 5.69 Å². The van der Waals surface area contributed by atoms with Gasteiger partial charge in [0.05, 0.1) is 15.6 Å². The average molecular weight is 298 g/mol. The Bertz CT molecular complexity index is 493. The molecule has 1 aromatic rings. The number of likely N-dealkylation sites (tertiary alicyclic amines) is 1. The molecule has 1 N–H and O–H groups in total. The first-order valence-electron chi connectivity index (χ1n) is 6.89. The third kappa shape index (κ3) is 3.61. The second-order valence-electron chi connectivity index (χ2n) is 5.55. The van der Waals surface area contributed by atoms with E-state index < -0.39 is 4.92 Å². The van der Waals surface area contributed by atoms with Gasteiger partial charge < -0.3 is 10.2 Å². The molecule has 0 aliphatic carbocycles. The molecule has 6 heteroatoms. The van der Waals surface area contributed by atoms with Crippen molar-refractivity contribution in [3.8, 4) is 0 Å². The van der Waals surface area contributed by atoms with Gasteiger partial charge in [-0.25, -0.2) is 0 Å². The first kappa shape index (κ1) is 15.1. The quantitative estimate of drug-likeness (QED) is 0.668. The van der Waals surface area contributed by atoms with Crippen LogP contribution in [0.5, 0.6) is 0 Å². The van der Waals surface area contributed by atoms with Crippen LogP contribution in [0.25, 0.3) is 0 Å². The maximum Gasteiger partial charge on any atom is 0.271 e. The van der Waals surface area contributed by atoms with Crippen molar-refractivity contribution < 1.29 is 4.92 Å². The standard InChI is InChI=1S/C14H20ClN3O2/c1-10(2)17-6-5-11(9-17)8-16-14-4-3-12(18(19)20)7-13(14)15/h3-4,7,10-11,16H,5-6,8-9H2,1-2H3. The molecule has 1 atom stereocenters. The van der Waals surface area contributed by atoms with E-state index in [4.69, 9.17) is 11.6 Å². The highest BCUT2D eigenvalue weighted by Gasteiger charge is 2.24. The minimum Gasteiger partial charge on any atom is -0.384 e. The van der Waals surface area contributed by atoms with Crippen molar-refractivity contribution in [1.29, 1.82) is 0 Å². The zero-order valence-corrected chi connectivity index (χ0v) is 12.6.